The fourth-order valence-electron chi connectivity index (χ4n) is 3.92. The summed E-state index contributed by atoms with van der Waals surface area (Å²) in [5, 5.41) is 23.7. The lowest BCUT2D eigenvalue weighted by molar-refractivity contribution is -0.384. The average Bonchev–Trinajstić information content (AvgIpc) is 2.88. The summed E-state index contributed by atoms with van der Waals surface area (Å²) in [6.45, 7) is -0.643. The highest BCUT2D eigenvalue weighted by Crippen LogP contribution is 2.30. The number of rotatable bonds is 8. The lowest BCUT2D eigenvalue weighted by Gasteiger charge is -2.27. The number of anilines is 1. The average molecular weight is 486 g/mol. The maximum atomic E-state index is 12.9. The van der Waals surface area contributed by atoms with Gasteiger partial charge in [-0.1, -0.05) is 24.3 Å². The van der Waals surface area contributed by atoms with Gasteiger partial charge in [-0.2, -0.15) is 5.26 Å². The smallest absolute Gasteiger partial charge is 0.306 e. The molecule has 4 rings (SSSR count). The van der Waals surface area contributed by atoms with Crippen molar-refractivity contribution in [1.29, 1.82) is 5.26 Å². The van der Waals surface area contributed by atoms with Gasteiger partial charge in [0.1, 0.15) is 6.07 Å². The Morgan fingerprint density at radius 3 is 2.33 bits per heavy atom. The molecule has 0 saturated heterocycles. The van der Waals surface area contributed by atoms with E-state index in [9.17, 15) is 29.3 Å². The van der Waals surface area contributed by atoms with E-state index in [0.29, 0.717) is 16.5 Å². The number of nitro benzene ring substituents is 1. The van der Waals surface area contributed by atoms with Crippen LogP contribution < -0.4 is 5.32 Å². The van der Waals surface area contributed by atoms with Crippen LogP contribution >= 0.6 is 0 Å². The van der Waals surface area contributed by atoms with E-state index in [0.717, 1.165) is 22.4 Å². The molecule has 11 nitrogen and oxygen atoms in total. The molecule has 1 heterocycles. The van der Waals surface area contributed by atoms with Crippen LogP contribution in [0.4, 0.5) is 11.4 Å². The van der Waals surface area contributed by atoms with Crippen molar-refractivity contribution >= 4 is 45.8 Å². The van der Waals surface area contributed by atoms with Crippen LogP contribution in [0.25, 0.3) is 10.8 Å². The Hall–Kier alpha value is -5.11. The van der Waals surface area contributed by atoms with E-state index in [-0.39, 0.29) is 36.3 Å². The van der Waals surface area contributed by atoms with E-state index in [4.69, 9.17) is 10.00 Å². The third-order valence-electron chi connectivity index (χ3n) is 5.59. The molecule has 11 heteroatoms. The van der Waals surface area contributed by atoms with E-state index >= 15 is 0 Å². The summed E-state index contributed by atoms with van der Waals surface area (Å²) in [7, 11) is 0. The van der Waals surface area contributed by atoms with E-state index in [1.165, 1.54) is 6.07 Å². The normalized spacial score (nSPS) is 12.2. The van der Waals surface area contributed by atoms with Crippen molar-refractivity contribution in [1.82, 2.24) is 4.90 Å². The molecule has 0 bridgehead atoms. The number of nitro groups is 1. The van der Waals surface area contributed by atoms with E-state index in [2.05, 4.69) is 5.32 Å². The number of hydrogen-bond acceptors (Lipinski definition) is 8. The zero-order chi connectivity index (χ0) is 25.8. The predicted molar refractivity (Wildman–Crippen MR) is 126 cm³/mol. The van der Waals surface area contributed by atoms with Gasteiger partial charge >= 0.3 is 5.97 Å². The summed E-state index contributed by atoms with van der Waals surface area (Å²) >= 11 is 0. The van der Waals surface area contributed by atoms with Gasteiger partial charge < -0.3 is 10.1 Å². The third kappa shape index (κ3) is 4.74. The second kappa shape index (κ2) is 10.0. The Morgan fingerprint density at radius 1 is 1.06 bits per heavy atom. The third-order valence-corrected chi connectivity index (χ3v) is 5.59. The highest BCUT2D eigenvalue weighted by molar-refractivity contribution is 6.25. The zero-order valence-corrected chi connectivity index (χ0v) is 18.7. The maximum Gasteiger partial charge on any atom is 0.306 e. The van der Waals surface area contributed by atoms with Crippen LogP contribution in [0.2, 0.25) is 0 Å². The molecule has 36 heavy (non-hydrogen) atoms. The fraction of sp³-hybridized carbons (Fsp3) is 0.160. The van der Waals surface area contributed by atoms with Gasteiger partial charge in [0, 0.05) is 41.6 Å². The number of imide groups is 1. The predicted octanol–water partition coefficient (Wildman–Crippen LogP) is 3.18. The number of carbonyl (C=O) groups is 4. The number of amides is 3. The van der Waals surface area contributed by atoms with Crippen LogP contribution in [0.3, 0.4) is 0 Å². The molecule has 0 atom stereocenters. The second-order valence-corrected chi connectivity index (χ2v) is 7.88. The van der Waals surface area contributed by atoms with Gasteiger partial charge in [-0.25, -0.2) is 0 Å². The SMILES string of the molecule is N#Cc1cc([N+](=O)[O-])ccc1NC(=O)COC(=O)CCCN1C(=O)c2cccc3cccc(c23)C1=O. The Bertz CT molecular complexity index is 1420. The number of esters is 1. The molecular weight excluding hydrogens is 468 g/mol. The highest BCUT2D eigenvalue weighted by atomic mass is 16.6. The van der Waals surface area contributed by atoms with Crippen molar-refractivity contribution in [2.45, 2.75) is 12.8 Å². The number of carbonyl (C=O) groups excluding carboxylic acids is 4. The van der Waals surface area contributed by atoms with Crippen LogP contribution in [0.15, 0.2) is 54.6 Å². The molecule has 3 amide bonds. The summed E-state index contributed by atoms with van der Waals surface area (Å²) in [4.78, 5) is 61.1. The fourth-order valence-corrected chi connectivity index (χ4v) is 3.92. The Balaban J connectivity index is 1.29. The van der Waals surface area contributed by atoms with E-state index < -0.39 is 35.2 Å². The summed E-state index contributed by atoms with van der Waals surface area (Å²) in [6.07, 6.45) is -0.00578. The van der Waals surface area contributed by atoms with Crippen LogP contribution in [0, 0.1) is 21.4 Å². The number of ether oxygens (including phenoxy) is 1. The Labute approximate surface area is 204 Å². The second-order valence-electron chi connectivity index (χ2n) is 7.88. The number of hydrogen-bond donors (Lipinski definition) is 1. The highest BCUT2D eigenvalue weighted by Gasteiger charge is 2.32. The number of non-ortho nitro benzene ring substituents is 1. The molecule has 0 aromatic heterocycles. The molecular formula is C25H18N4O7. The van der Waals surface area contributed by atoms with Crippen LogP contribution in [0.5, 0.6) is 0 Å². The topological polar surface area (TPSA) is 160 Å². The summed E-state index contributed by atoms with van der Waals surface area (Å²) in [5.74, 6) is -2.32. The van der Waals surface area contributed by atoms with Crippen molar-refractivity contribution in [3.63, 3.8) is 0 Å². The summed E-state index contributed by atoms with van der Waals surface area (Å²) in [6, 6.07) is 15.6. The number of benzene rings is 3. The van der Waals surface area contributed by atoms with Gasteiger partial charge in [-0.05, 0) is 30.0 Å². The van der Waals surface area contributed by atoms with E-state index in [1.807, 2.05) is 12.1 Å². The molecule has 1 N–H and O–H groups in total. The maximum absolute atomic E-state index is 12.9. The van der Waals surface area contributed by atoms with Crippen LogP contribution in [-0.2, 0) is 14.3 Å². The lowest BCUT2D eigenvalue weighted by atomic mass is 9.94. The standard InChI is InChI=1S/C25H18N4O7/c26-13-16-12-17(29(34)35)9-10-20(16)27-21(30)14-36-22(31)8-3-11-28-24(32)18-6-1-4-15-5-2-7-19(23(15)18)25(28)33/h1-2,4-7,9-10,12H,3,8,11,14H2,(H,27,30). The summed E-state index contributed by atoms with van der Waals surface area (Å²) in [5.41, 5.74) is 0.468. The van der Waals surface area contributed by atoms with Crippen LogP contribution in [-0.4, -0.2) is 46.7 Å². The van der Waals surface area contributed by atoms with Crippen molar-refractivity contribution in [3.05, 3.63) is 81.4 Å². The molecule has 0 radical (unpaired) electrons. The number of nitriles is 1. The molecule has 1 aliphatic heterocycles. The van der Waals surface area contributed by atoms with Gasteiger partial charge in [0.2, 0.25) is 0 Å². The minimum Gasteiger partial charge on any atom is -0.456 e. The quantitative estimate of drug-likeness (QED) is 0.220. The van der Waals surface area contributed by atoms with Gasteiger partial charge in [-0.3, -0.25) is 34.2 Å². The van der Waals surface area contributed by atoms with Gasteiger partial charge in [0.05, 0.1) is 16.2 Å². The Morgan fingerprint density at radius 2 is 1.72 bits per heavy atom. The van der Waals surface area contributed by atoms with Crippen molar-refractivity contribution in [2.24, 2.45) is 0 Å². The van der Waals surface area contributed by atoms with Gasteiger partial charge in [0.15, 0.2) is 6.61 Å². The lowest BCUT2D eigenvalue weighted by Crippen LogP contribution is -2.41. The molecule has 0 saturated carbocycles. The molecule has 0 unspecified atom stereocenters. The Kier molecular flexibility index (Phi) is 6.69. The molecule has 1 aliphatic rings. The van der Waals surface area contributed by atoms with Gasteiger partial charge in [-0.15, -0.1) is 0 Å². The molecule has 3 aromatic carbocycles. The minimum atomic E-state index is -0.736. The molecule has 0 fully saturated rings. The summed E-state index contributed by atoms with van der Waals surface area (Å²) < 4.78 is 4.93. The van der Waals surface area contributed by atoms with Crippen molar-refractivity contribution in [3.8, 4) is 6.07 Å². The largest absolute Gasteiger partial charge is 0.456 e. The first-order valence-corrected chi connectivity index (χ1v) is 10.8. The minimum absolute atomic E-state index is 0.00197. The first kappa shape index (κ1) is 24.0. The van der Waals surface area contributed by atoms with E-state index in [1.54, 1.807) is 30.3 Å². The number of nitrogens with one attached hydrogen (secondary N) is 1. The zero-order valence-electron chi connectivity index (χ0n) is 18.7. The van der Waals surface area contributed by atoms with Crippen LogP contribution in [0.1, 0.15) is 39.1 Å². The first-order valence-electron chi connectivity index (χ1n) is 10.8. The molecule has 0 aliphatic carbocycles. The molecule has 3 aromatic rings. The molecule has 0 spiro atoms. The first-order chi connectivity index (χ1) is 17.3. The van der Waals surface area contributed by atoms with Crippen molar-refractivity contribution < 1.29 is 28.8 Å². The molecule has 180 valence electrons. The van der Waals surface area contributed by atoms with Crippen molar-refractivity contribution in [2.75, 3.05) is 18.5 Å². The number of nitrogens with zero attached hydrogens (tertiary/aromatic N) is 3. The monoisotopic (exact) mass is 486 g/mol. The van der Waals surface area contributed by atoms with Gasteiger partial charge in [0.25, 0.3) is 23.4 Å².